The zero-order chi connectivity index (χ0) is 15.4. The van der Waals surface area contributed by atoms with Crippen molar-refractivity contribution in [2.45, 2.75) is 26.3 Å². The summed E-state index contributed by atoms with van der Waals surface area (Å²) in [7, 11) is 1.89. The Morgan fingerprint density at radius 2 is 2.00 bits per heavy atom. The average molecular weight is 415 g/mol. The molecule has 0 aliphatic carbocycles. The molecule has 21 heavy (non-hydrogen) atoms. The van der Waals surface area contributed by atoms with Crippen LogP contribution in [-0.4, -0.2) is 17.0 Å². The van der Waals surface area contributed by atoms with E-state index in [1.165, 1.54) is 0 Å². The molecule has 0 spiro atoms. The normalized spacial score (nSPS) is 11.0. The highest BCUT2D eigenvalue weighted by Gasteiger charge is 2.12. The van der Waals surface area contributed by atoms with E-state index in [0.29, 0.717) is 12.3 Å². The lowest BCUT2D eigenvalue weighted by atomic mass is 10.2. The molecule has 1 heterocycles. The number of ether oxygens (including phenoxy) is 1. The fraction of sp³-hybridized carbons (Fsp3) is 0.333. The van der Waals surface area contributed by atoms with Crippen molar-refractivity contribution in [3.8, 4) is 11.5 Å². The number of benzene rings is 1. The molecule has 4 nitrogen and oxygen atoms in total. The third-order valence-corrected chi connectivity index (χ3v) is 3.94. The summed E-state index contributed by atoms with van der Waals surface area (Å²) in [6.07, 6.45) is 1.74. The number of nitrogens with one attached hydrogen (secondary N) is 1. The minimum absolute atomic E-state index is 0.286. The van der Waals surface area contributed by atoms with Crippen molar-refractivity contribution in [3.05, 3.63) is 44.9 Å². The summed E-state index contributed by atoms with van der Waals surface area (Å²) in [6, 6.07) is 5.77. The third kappa shape index (κ3) is 4.25. The maximum atomic E-state index is 5.95. The standard InChI is InChI=1S/C15H17Br2N3O/c1-9(2)15-19-8-14(12(20-15)7-18-3)21-13-5-4-10(16)6-11(13)17/h4-6,8-9,18H,7H2,1-3H3. The van der Waals surface area contributed by atoms with Crippen LogP contribution < -0.4 is 10.1 Å². The second-order valence-corrected chi connectivity index (χ2v) is 6.67. The predicted octanol–water partition coefficient (Wildman–Crippen LogP) is 4.64. The van der Waals surface area contributed by atoms with Gasteiger partial charge in [-0.15, -0.1) is 0 Å². The molecule has 0 bridgehead atoms. The summed E-state index contributed by atoms with van der Waals surface area (Å²) in [6.45, 7) is 4.78. The van der Waals surface area contributed by atoms with E-state index in [2.05, 4.69) is 61.0 Å². The highest BCUT2D eigenvalue weighted by Crippen LogP contribution is 2.33. The molecule has 6 heteroatoms. The second kappa shape index (κ2) is 7.33. The highest BCUT2D eigenvalue weighted by atomic mass is 79.9. The Morgan fingerprint density at radius 3 is 2.62 bits per heavy atom. The van der Waals surface area contributed by atoms with Crippen LogP contribution in [0.15, 0.2) is 33.3 Å². The van der Waals surface area contributed by atoms with E-state index in [9.17, 15) is 0 Å². The van der Waals surface area contributed by atoms with Gasteiger partial charge >= 0.3 is 0 Å². The first-order chi connectivity index (χ1) is 10.0. The highest BCUT2D eigenvalue weighted by molar-refractivity contribution is 9.11. The molecule has 2 aromatic rings. The second-order valence-electron chi connectivity index (χ2n) is 4.90. The van der Waals surface area contributed by atoms with Gasteiger partial charge in [-0.1, -0.05) is 29.8 Å². The van der Waals surface area contributed by atoms with Crippen molar-refractivity contribution >= 4 is 31.9 Å². The van der Waals surface area contributed by atoms with Crippen LogP contribution in [0, 0.1) is 0 Å². The van der Waals surface area contributed by atoms with Crippen LogP contribution in [0.5, 0.6) is 11.5 Å². The monoisotopic (exact) mass is 413 g/mol. The Morgan fingerprint density at radius 1 is 1.24 bits per heavy atom. The van der Waals surface area contributed by atoms with Gasteiger partial charge in [-0.25, -0.2) is 9.97 Å². The Bertz CT molecular complexity index is 632. The summed E-state index contributed by atoms with van der Waals surface area (Å²) in [5.74, 6) is 2.50. The van der Waals surface area contributed by atoms with E-state index in [-0.39, 0.29) is 5.92 Å². The van der Waals surface area contributed by atoms with E-state index in [1.54, 1.807) is 6.20 Å². The van der Waals surface area contributed by atoms with Crippen LogP contribution in [-0.2, 0) is 6.54 Å². The molecule has 112 valence electrons. The first-order valence-corrected chi connectivity index (χ1v) is 8.23. The summed E-state index contributed by atoms with van der Waals surface area (Å²) >= 11 is 6.92. The Balaban J connectivity index is 2.34. The van der Waals surface area contributed by atoms with Gasteiger partial charge in [0, 0.05) is 16.9 Å². The van der Waals surface area contributed by atoms with Gasteiger partial charge in [0.2, 0.25) is 0 Å². The number of hydrogen-bond acceptors (Lipinski definition) is 4. The first kappa shape index (κ1) is 16.4. The topological polar surface area (TPSA) is 47.0 Å². The van der Waals surface area contributed by atoms with Crippen molar-refractivity contribution in [2.24, 2.45) is 0 Å². The lowest BCUT2D eigenvalue weighted by molar-refractivity contribution is 0.461. The number of aromatic nitrogens is 2. The van der Waals surface area contributed by atoms with Gasteiger partial charge in [-0.3, -0.25) is 0 Å². The van der Waals surface area contributed by atoms with Crippen LogP contribution in [0.25, 0.3) is 0 Å². The molecule has 1 aromatic heterocycles. The van der Waals surface area contributed by atoms with Gasteiger partial charge in [0.25, 0.3) is 0 Å². The largest absolute Gasteiger partial charge is 0.453 e. The molecule has 0 saturated carbocycles. The molecule has 2 rings (SSSR count). The SMILES string of the molecule is CNCc1nc(C(C)C)ncc1Oc1ccc(Br)cc1Br. The van der Waals surface area contributed by atoms with Gasteiger partial charge in [0.1, 0.15) is 17.3 Å². The van der Waals surface area contributed by atoms with Crippen LogP contribution in [0.2, 0.25) is 0 Å². The Kier molecular flexibility index (Phi) is 5.72. The number of rotatable bonds is 5. The first-order valence-electron chi connectivity index (χ1n) is 6.64. The average Bonchev–Trinajstić information content (AvgIpc) is 2.43. The van der Waals surface area contributed by atoms with E-state index in [1.807, 2.05) is 25.2 Å². The molecule has 0 aliphatic rings. The summed E-state index contributed by atoms with van der Waals surface area (Å²) in [5.41, 5.74) is 0.853. The fourth-order valence-electron chi connectivity index (χ4n) is 1.76. The van der Waals surface area contributed by atoms with E-state index in [0.717, 1.165) is 26.2 Å². The van der Waals surface area contributed by atoms with E-state index < -0.39 is 0 Å². The van der Waals surface area contributed by atoms with E-state index in [4.69, 9.17) is 4.74 Å². The number of nitrogens with zero attached hydrogens (tertiary/aromatic N) is 2. The molecule has 1 N–H and O–H groups in total. The van der Waals surface area contributed by atoms with E-state index >= 15 is 0 Å². The fourth-order valence-corrected chi connectivity index (χ4v) is 2.88. The third-order valence-electron chi connectivity index (χ3n) is 2.82. The quantitative estimate of drug-likeness (QED) is 0.774. The van der Waals surface area contributed by atoms with Crippen LogP contribution in [0.4, 0.5) is 0 Å². The van der Waals surface area contributed by atoms with Gasteiger partial charge in [-0.05, 0) is 41.2 Å². The molecule has 0 aliphatic heterocycles. The van der Waals surface area contributed by atoms with Crippen molar-refractivity contribution in [1.29, 1.82) is 0 Å². The van der Waals surface area contributed by atoms with Crippen LogP contribution in [0.1, 0.15) is 31.3 Å². The molecule has 0 saturated heterocycles. The minimum atomic E-state index is 0.286. The van der Waals surface area contributed by atoms with Crippen molar-refractivity contribution in [2.75, 3.05) is 7.05 Å². The minimum Gasteiger partial charge on any atom is -0.453 e. The molecule has 1 aromatic carbocycles. The van der Waals surface area contributed by atoms with Crippen molar-refractivity contribution < 1.29 is 4.74 Å². The zero-order valence-corrected chi connectivity index (χ0v) is 15.3. The maximum absolute atomic E-state index is 5.95. The van der Waals surface area contributed by atoms with Crippen molar-refractivity contribution in [3.63, 3.8) is 0 Å². The molecular formula is C15H17Br2N3O. The zero-order valence-electron chi connectivity index (χ0n) is 12.2. The molecule has 0 atom stereocenters. The maximum Gasteiger partial charge on any atom is 0.168 e. The lowest BCUT2D eigenvalue weighted by Crippen LogP contribution is -2.11. The summed E-state index contributed by atoms with van der Waals surface area (Å²) in [4.78, 5) is 8.96. The smallest absolute Gasteiger partial charge is 0.168 e. The van der Waals surface area contributed by atoms with Gasteiger partial charge in [0.15, 0.2) is 5.75 Å². The number of hydrogen-bond donors (Lipinski definition) is 1. The molecule has 0 unspecified atom stereocenters. The molecule has 0 radical (unpaired) electrons. The van der Waals surface area contributed by atoms with Crippen molar-refractivity contribution in [1.82, 2.24) is 15.3 Å². The van der Waals surface area contributed by atoms with Crippen LogP contribution >= 0.6 is 31.9 Å². The van der Waals surface area contributed by atoms with Gasteiger partial charge in [0.05, 0.1) is 10.7 Å². The van der Waals surface area contributed by atoms with Gasteiger partial charge in [-0.2, -0.15) is 0 Å². The molecule has 0 amide bonds. The molecule has 0 fully saturated rings. The summed E-state index contributed by atoms with van der Waals surface area (Å²) in [5, 5.41) is 3.11. The van der Waals surface area contributed by atoms with Crippen LogP contribution in [0.3, 0.4) is 0 Å². The lowest BCUT2D eigenvalue weighted by Gasteiger charge is -2.13. The summed E-state index contributed by atoms with van der Waals surface area (Å²) < 4.78 is 7.81. The Labute approximate surface area is 141 Å². The van der Waals surface area contributed by atoms with Gasteiger partial charge < -0.3 is 10.1 Å². The predicted molar refractivity (Wildman–Crippen MR) is 90.8 cm³/mol. The number of halogens is 2. The molecular weight excluding hydrogens is 398 g/mol. The Hall–Kier alpha value is -0.980.